The van der Waals surface area contributed by atoms with Gasteiger partial charge in [-0.05, 0) is 36.1 Å². The Hall–Kier alpha value is -2.34. The summed E-state index contributed by atoms with van der Waals surface area (Å²) in [6.45, 7) is 2.21. The van der Waals surface area contributed by atoms with Crippen molar-refractivity contribution in [2.75, 3.05) is 26.0 Å². The fourth-order valence-electron chi connectivity index (χ4n) is 2.32. The summed E-state index contributed by atoms with van der Waals surface area (Å²) in [5.74, 6) is -0.328. The lowest BCUT2D eigenvalue weighted by atomic mass is 10.1. The van der Waals surface area contributed by atoms with Crippen molar-refractivity contribution in [1.82, 2.24) is 10.2 Å². The number of amides is 2. The van der Waals surface area contributed by atoms with Crippen LogP contribution in [0, 0.1) is 0 Å². The number of benzene rings is 1. The summed E-state index contributed by atoms with van der Waals surface area (Å²) in [5, 5.41) is 4.58. The van der Waals surface area contributed by atoms with Crippen LogP contribution in [0.3, 0.4) is 0 Å². The van der Waals surface area contributed by atoms with E-state index in [2.05, 4.69) is 5.32 Å². The van der Waals surface area contributed by atoms with Gasteiger partial charge in [-0.1, -0.05) is 18.2 Å². The van der Waals surface area contributed by atoms with E-state index >= 15 is 0 Å². The summed E-state index contributed by atoms with van der Waals surface area (Å²) in [7, 11) is 5.72. The maximum atomic E-state index is 12.4. The first-order valence-corrected chi connectivity index (χ1v) is 8.62. The fraction of sp³-hybridized carbons (Fsp3) is 0.333. The van der Waals surface area contributed by atoms with Crippen molar-refractivity contribution in [3.05, 3.63) is 52.2 Å². The smallest absolute Gasteiger partial charge is 0.261 e. The molecule has 2 aromatic rings. The van der Waals surface area contributed by atoms with Gasteiger partial charge in [0.05, 0.1) is 4.88 Å². The van der Waals surface area contributed by atoms with Gasteiger partial charge in [-0.25, -0.2) is 0 Å². The lowest BCUT2D eigenvalue weighted by Crippen LogP contribution is -2.45. The van der Waals surface area contributed by atoms with E-state index in [9.17, 15) is 9.59 Å². The molecule has 2 amide bonds. The summed E-state index contributed by atoms with van der Waals surface area (Å²) in [6.07, 6.45) is 0. The maximum absolute atomic E-state index is 12.4. The van der Waals surface area contributed by atoms with Crippen molar-refractivity contribution in [3.63, 3.8) is 0 Å². The van der Waals surface area contributed by atoms with Gasteiger partial charge in [0.25, 0.3) is 5.91 Å². The lowest BCUT2D eigenvalue weighted by Gasteiger charge is -2.22. The maximum Gasteiger partial charge on any atom is 0.261 e. The largest absolute Gasteiger partial charge is 0.378 e. The van der Waals surface area contributed by atoms with Crippen LogP contribution in [-0.2, 0) is 11.3 Å². The molecule has 1 atom stereocenters. The first kappa shape index (κ1) is 18.0. The van der Waals surface area contributed by atoms with Crippen LogP contribution in [-0.4, -0.2) is 43.9 Å². The van der Waals surface area contributed by atoms with Crippen molar-refractivity contribution >= 4 is 28.8 Å². The van der Waals surface area contributed by atoms with E-state index in [-0.39, 0.29) is 11.8 Å². The molecule has 0 saturated heterocycles. The third kappa shape index (κ3) is 4.58. The van der Waals surface area contributed by atoms with Gasteiger partial charge in [-0.3, -0.25) is 9.59 Å². The average Bonchev–Trinajstić information content (AvgIpc) is 3.09. The number of anilines is 1. The first-order valence-electron chi connectivity index (χ1n) is 7.74. The zero-order valence-electron chi connectivity index (χ0n) is 14.4. The normalized spacial score (nSPS) is 11.7. The van der Waals surface area contributed by atoms with Crippen molar-refractivity contribution in [1.29, 1.82) is 0 Å². The van der Waals surface area contributed by atoms with E-state index < -0.39 is 6.04 Å². The van der Waals surface area contributed by atoms with Crippen LogP contribution in [0.25, 0.3) is 0 Å². The Morgan fingerprint density at radius 3 is 2.33 bits per heavy atom. The number of nitrogens with zero attached hydrogens (tertiary/aromatic N) is 2. The molecule has 1 unspecified atom stereocenters. The van der Waals surface area contributed by atoms with Gasteiger partial charge in [0.2, 0.25) is 5.91 Å². The van der Waals surface area contributed by atoms with E-state index in [4.69, 9.17) is 0 Å². The highest BCUT2D eigenvalue weighted by atomic mass is 32.1. The molecule has 0 fully saturated rings. The number of carbonyl (C=O) groups is 2. The number of carbonyl (C=O) groups excluding carboxylic acids is 2. The van der Waals surface area contributed by atoms with Crippen LogP contribution in [0.4, 0.5) is 5.69 Å². The number of hydrogen-bond acceptors (Lipinski definition) is 4. The monoisotopic (exact) mass is 345 g/mol. The van der Waals surface area contributed by atoms with Crippen molar-refractivity contribution < 1.29 is 9.59 Å². The molecule has 0 radical (unpaired) electrons. The number of nitrogens with one attached hydrogen (secondary N) is 1. The molecular formula is C18H23N3O2S. The van der Waals surface area contributed by atoms with Gasteiger partial charge in [0.1, 0.15) is 6.04 Å². The molecule has 1 aromatic heterocycles. The Morgan fingerprint density at radius 1 is 1.12 bits per heavy atom. The lowest BCUT2D eigenvalue weighted by molar-refractivity contribution is -0.132. The molecule has 1 N–H and O–H groups in total. The predicted octanol–water partition coefficient (Wildman–Crippen LogP) is 2.59. The molecule has 0 aliphatic carbocycles. The summed E-state index contributed by atoms with van der Waals surface area (Å²) >= 11 is 1.36. The highest BCUT2D eigenvalue weighted by Crippen LogP contribution is 2.14. The van der Waals surface area contributed by atoms with E-state index in [0.29, 0.717) is 11.4 Å². The van der Waals surface area contributed by atoms with Crippen LogP contribution < -0.4 is 10.2 Å². The van der Waals surface area contributed by atoms with Gasteiger partial charge in [-0.15, -0.1) is 11.3 Å². The summed E-state index contributed by atoms with van der Waals surface area (Å²) < 4.78 is 0. The van der Waals surface area contributed by atoms with Crippen LogP contribution in [0.15, 0.2) is 41.8 Å². The zero-order chi connectivity index (χ0) is 17.7. The third-order valence-corrected chi connectivity index (χ3v) is 4.58. The minimum atomic E-state index is -0.564. The molecule has 2 rings (SSSR count). The molecule has 0 spiro atoms. The van der Waals surface area contributed by atoms with Crippen molar-refractivity contribution in [3.8, 4) is 0 Å². The Morgan fingerprint density at radius 2 is 1.79 bits per heavy atom. The van der Waals surface area contributed by atoms with Crippen LogP contribution in [0.2, 0.25) is 0 Å². The predicted molar refractivity (Wildman–Crippen MR) is 98.5 cm³/mol. The minimum Gasteiger partial charge on any atom is -0.378 e. The second-order valence-corrected chi connectivity index (χ2v) is 6.88. The van der Waals surface area contributed by atoms with E-state index in [1.807, 2.05) is 54.7 Å². The Balaban J connectivity index is 1.92. The first-order chi connectivity index (χ1) is 11.4. The standard InChI is InChI=1S/C18H23N3O2S/c1-13(19-17(22)16-6-5-11-24-16)18(23)21(4)12-14-7-9-15(10-8-14)20(2)3/h5-11,13H,12H2,1-4H3,(H,19,22). The molecule has 128 valence electrons. The third-order valence-electron chi connectivity index (χ3n) is 3.71. The van der Waals surface area contributed by atoms with E-state index in [0.717, 1.165) is 11.3 Å². The number of rotatable bonds is 6. The molecule has 0 aliphatic rings. The quantitative estimate of drug-likeness (QED) is 0.875. The minimum absolute atomic E-state index is 0.114. The zero-order valence-corrected chi connectivity index (χ0v) is 15.3. The van der Waals surface area contributed by atoms with Crippen LogP contribution >= 0.6 is 11.3 Å². The topological polar surface area (TPSA) is 52.7 Å². The molecule has 24 heavy (non-hydrogen) atoms. The molecule has 0 saturated carbocycles. The highest BCUT2D eigenvalue weighted by Gasteiger charge is 2.20. The number of likely N-dealkylation sites (N-methyl/N-ethyl adjacent to an activating group) is 1. The Labute approximate surface area is 146 Å². The molecule has 6 heteroatoms. The van der Waals surface area contributed by atoms with Crippen molar-refractivity contribution in [2.24, 2.45) is 0 Å². The number of hydrogen-bond donors (Lipinski definition) is 1. The van der Waals surface area contributed by atoms with Gasteiger partial charge in [0, 0.05) is 33.4 Å². The van der Waals surface area contributed by atoms with E-state index in [1.165, 1.54) is 11.3 Å². The summed E-state index contributed by atoms with van der Waals surface area (Å²) in [4.78, 5) is 28.7. The van der Waals surface area contributed by atoms with Crippen molar-refractivity contribution in [2.45, 2.75) is 19.5 Å². The molecule has 0 aliphatic heterocycles. The fourth-order valence-corrected chi connectivity index (χ4v) is 2.95. The molecule has 1 aromatic carbocycles. The Bertz CT molecular complexity index is 681. The average molecular weight is 345 g/mol. The molecular weight excluding hydrogens is 322 g/mol. The van der Waals surface area contributed by atoms with Gasteiger partial charge >= 0.3 is 0 Å². The molecule has 0 bridgehead atoms. The van der Waals surface area contributed by atoms with E-state index in [1.54, 1.807) is 24.9 Å². The molecule has 1 heterocycles. The van der Waals surface area contributed by atoms with Gasteiger partial charge in [0.15, 0.2) is 0 Å². The number of thiophene rings is 1. The summed E-state index contributed by atoms with van der Waals surface area (Å²) in [5.41, 5.74) is 2.16. The highest BCUT2D eigenvalue weighted by molar-refractivity contribution is 7.12. The second-order valence-electron chi connectivity index (χ2n) is 5.93. The van der Waals surface area contributed by atoms with Gasteiger partial charge < -0.3 is 15.1 Å². The Kier molecular flexibility index (Phi) is 5.98. The second kappa shape index (κ2) is 7.97. The van der Waals surface area contributed by atoms with Crippen LogP contribution in [0.1, 0.15) is 22.2 Å². The van der Waals surface area contributed by atoms with Crippen LogP contribution in [0.5, 0.6) is 0 Å². The summed E-state index contributed by atoms with van der Waals surface area (Å²) in [6, 6.07) is 11.1. The molecule has 5 nitrogen and oxygen atoms in total. The van der Waals surface area contributed by atoms with Gasteiger partial charge in [-0.2, -0.15) is 0 Å². The SMILES string of the molecule is CC(NC(=O)c1cccs1)C(=O)N(C)Cc1ccc(N(C)C)cc1.